The zero-order chi connectivity index (χ0) is 24.7. The van der Waals surface area contributed by atoms with Gasteiger partial charge in [0, 0.05) is 12.2 Å². The molecular formula is C25H29N5O3S. The van der Waals surface area contributed by atoms with Gasteiger partial charge in [0.2, 0.25) is 5.91 Å². The van der Waals surface area contributed by atoms with Gasteiger partial charge in [0.15, 0.2) is 28.6 Å². The summed E-state index contributed by atoms with van der Waals surface area (Å²) in [6, 6.07) is 16.3. The molecule has 34 heavy (non-hydrogen) atoms. The van der Waals surface area contributed by atoms with Crippen molar-refractivity contribution >= 4 is 23.4 Å². The minimum atomic E-state index is -0.413. The van der Waals surface area contributed by atoms with E-state index >= 15 is 0 Å². The molecule has 2 unspecified atom stereocenters. The first-order valence-electron chi connectivity index (χ1n) is 11.0. The molecule has 3 aromatic rings. The van der Waals surface area contributed by atoms with Gasteiger partial charge in [0.1, 0.15) is 0 Å². The Morgan fingerprint density at radius 3 is 2.38 bits per heavy atom. The summed E-state index contributed by atoms with van der Waals surface area (Å²) in [5, 5.41) is 20.8. The van der Waals surface area contributed by atoms with Gasteiger partial charge >= 0.3 is 0 Å². The van der Waals surface area contributed by atoms with E-state index in [0.717, 1.165) is 0 Å². The number of nitrogens with one attached hydrogen (secondary N) is 1. The summed E-state index contributed by atoms with van der Waals surface area (Å²) in [5.74, 6) is 2.14. The molecule has 0 aliphatic heterocycles. The standard InChI is InChI=1S/C25H29N5O3S/c1-16(2)15-30-23(17(3)33-22-9-7-6-8-21(22)32-5)28-29-25(30)34-18(4)24(31)27-20-12-10-19(14-26)11-13-20/h6-13,16-18H,15H2,1-5H3,(H,27,31). The molecule has 2 atom stereocenters. The highest BCUT2D eigenvalue weighted by molar-refractivity contribution is 8.00. The van der Waals surface area contributed by atoms with E-state index in [-0.39, 0.29) is 12.0 Å². The van der Waals surface area contributed by atoms with Crippen LogP contribution in [0.25, 0.3) is 0 Å². The van der Waals surface area contributed by atoms with Gasteiger partial charge in [-0.25, -0.2) is 0 Å². The summed E-state index contributed by atoms with van der Waals surface area (Å²) in [4.78, 5) is 12.8. The van der Waals surface area contributed by atoms with Gasteiger partial charge in [0.25, 0.3) is 0 Å². The van der Waals surface area contributed by atoms with E-state index in [0.29, 0.717) is 46.2 Å². The van der Waals surface area contributed by atoms with E-state index in [1.165, 1.54) is 11.8 Å². The summed E-state index contributed by atoms with van der Waals surface area (Å²) >= 11 is 1.34. The van der Waals surface area contributed by atoms with Crippen molar-refractivity contribution in [3.05, 3.63) is 59.9 Å². The topological polar surface area (TPSA) is 102 Å². The van der Waals surface area contributed by atoms with Gasteiger partial charge < -0.3 is 19.4 Å². The number of para-hydroxylation sites is 2. The highest BCUT2D eigenvalue weighted by Crippen LogP contribution is 2.32. The Balaban J connectivity index is 1.76. The van der Waals surface area contributed by atoms with Crippen LogP contribution < -0.4 is 14.8 Å². The molecule has 3 rings (SSSR count). The quantitative estimate of drug-likeness (QED) is 0.405. The third-order valence-electron chi connectivity index (χ3n) is 4.96. The molecule has 178 valence electrons. The lowest BCUT2D eigenvalue weighted by Crippen LogP contribution is -2.23. The number of aromatic nitrogens is 3. The molecule has 0 bridgehead atoms. The maximum absolute atomic E-state index is 12.8. The number of carbonyl (C=O) groups excluding carboxylic acids is 1. The third-order valence-corrected chi connectivity index (χ3v) is 6.04. The van der Waals surface area contributed by atoms with Crippen molar-refractivity contribution in [2.24, 2.45) is 5.92 Å². The molecule has 0 spiro atoms. The number of methoxy groups -OCH3 is 1. The highest BCUT2D eigenvalue weighted by Gasteiger charge is 2.24. The number of thioether (sulfide) groups is 1. The van der Waals surface area contributed by atoms with Crippen molar-refractivity contribution in [1.82, 2.24) is 14.8 Å². The first-order valence-corrected chi connectivity index (χ1v) is 11.9. The average molecular weight is 480 g/mol. The molecule has 1 N–H and O–H groups in total. The summed E-state index contributed by atoms with van der Waals surface area (Å²) in [5.41, 5.74) is 1.18. The van der Waals surface area contributed by atoms with E-state index in [1.807, 2.05) is 42.7 Å². The minimum Gasteiger partial charge on any atom is -0.493 e. The van der Waals surface area contributed by atoms with Crippen molar-refractivity contribution in [2.45, 2.75) is 50.8 Å². The van der Waals surface area contributed by atoms with Crippen LogP contribution in [0.15, 0.2) is 53.7 Å². The number of nitriles is 1. The maximum atomic E-state index is 12.8. The molecule has 1 aromatic heterocycles. The van der Waals surface area contributed by atoms with Crippen LogP contribution in [0.5, 0.6) is 11.5 Å². The first-order chi connectivity index (χ1) is 16.3. The number of benzene rings is 2. The highest BCUT2D eigenvalue weighted by atomic mass is 32.2. The molecule has 9 heteroatoms. The fraction of sp³-hybridized carbons (Fsp3) is 0.360. The Kier molecular flexibility index (Phi) is 8.55. The van der Waals surface area contributed by atoms with Crippen LogP contribution in [0.2, 0.25) is 0 Å². The number of ether oxygens (including phenoxy) is 2. The lowest BCUT2D eigenvalue weighted by molar-refractivity contribution is -0.115. The van der Waals surface area contributed by atoms with Crippen LogP contribution in [-0.2, 0) is 11.3 Å². The lowest BCUT2D eigenvalue weighted by atomic mass is 10.2. The number of amides is 1. The molecular weight excluding hydrogens is 450 g/mol. The largest absolute Gasteiger partial charge is 0.493 e. The Hall–Kier alpha value is -3.51. The Morgan fingerprint density at radius 1 is 1.09 bits per heavy atom. The number of carbonyl (C=O) groups is 1. The number of nitrogens with zero attached hydrogens (tertiary/aromatic N) is 4. The number of anilines is 1. The molecule has 0 radical (unpaired) electrons. The van der Waals surface area contributed by atoms with Crippen LogP contribution in [0, 0.1) is 17.2 Å². The van der Waals surface area contributed by atoms with E-state index in [2.05, 4.69) is 35.4 Å². The molecule has 0 saturated carbocycles. The molecule has 1 amide bonds. The maximum Gasteiger partial charge on any atom is 0.237 e. The van der Waals surface area contributed by atoms with Gasteiger partial charge in [-0.1, -0.05) is 37.7 Å². The summed E-state index contributed by atoms with van der Waals surface area (Å²) in [6.07, 6.45) is -0.375. The second kappa shape index (κ2) is 11.6. The Morgan fingerprint density at radius 2 is 1.76 bits per heavy atom. The lowest BCUT2D eigenvalue weighted by Gasteiger charge is -2.19. The first kappa shape index (κ1) is 25.1. The van der Waals surface area contributed by atoms with Gasteiger partial charge in [-0.3, -0.25) is 4.79 Å². The summed E-state index contributed by atoms with van der Waals surface area (Å²) in [7, 11) is 1.60. The monoisotopic (exact) mass is 479 g/mol. The molecule has 0 aliphatic carbocycles. The number of rotatable bonds is 10. The molecule has 0 fully saturated rings. The molecule has 1 heterocycles. The third kappa shape index (κ3) is 6.29. The fourth-order valence-electron chi connectivity index (χ4n) is 3.27. The zero-order valence-electron chi connectivity index (χ0n) is 20.0. The second-order valence-electron chi connectivity index (χ2n) is 8.19. The van der Waals surface area contributed by atoms with Crippen molar-refractivity contribution in [2.75, 3.05) is 12.4 Å². The van der Waals surface area contributed by atoms with Gasteiger partial charge in [-0.15, -0.1) is 10.2 Å². The van der Waals surface area contributed by atoms with Crippen LogP contribution in [-0.4, -0.2) is 33.0 Å². The van der Waals surface area contributed by atoms with Crippen molar-refractivity contribution in [3.63, 3.8) is 0 Å². The molecule has 2 aromatic carbocycles. The minimum absolute atomic E-state index is 0.159. The SMILES string of the molecule is COc1ccccc1OC(C)c1nnc(SC(C)C(=O)Nc2ccc(C#N)cc2)n1CC(C)C. The van der Waals surface area contributed by atoms with Crippen molar-refractivity contribution < 1.29 is 14.3 Å². The van der Waals surface area contributed by atoms with E-state index in [9.17, 15) is 4.79 Å². The Labute approximate surface area is 204 Å². The number of hydrogen-bond acceptors (Lipinski definition) is 7. The molecule has 0 aliphatic rings. The van der Waals surface area contributed by atoms with E-state index < -0.39 is 5.25 Å². The smallest absolute Gasteiger partial charge is 0.237 e. The van der Waals surface area contributed by atoms with Gasteiger partial charge in [-0.2, -0.15) is 5.26 Å². The van der Waals surface area contributed by atoms with Crippen LogP contribution >= 0.6 is 11.8 Å². The predicted molar refractivity (Wildman–Crippen MR) is 132 cm³/mol. The predicted octanol–water partition coefficient (Wildman–Crippen LogP) is 5.07. The summed E-state index contributed by atoms with van der Waals surface area (Å²) in [6.45, 7) is 8.67. The van der Waals surface area contributed by atoms with Gasteiger partial charge in [-0.05, 0) is 56.2 Å². The van der Waals surface area contributed by atoms with Crippen LogP contribution in [0.1, 0.15) is 45.2 Å². The number of hydrogen-bond donors (Lipinski definition) is 1. The fourth-order valence-corrected chi connectivity index (χ4v) is 4.13. The molecule has 8 nitrogen and oxygen atoms in total. The summed E-state index contributed by atoms with van der Waals surface area (Å²) < 4.78 is 13.6. The zero-order valence-corrected chi connectivity index (χ0v) is 20.8. The molecule has 0 saturated heterocycles. The second-order valence-corrected chi connectivity index (χ2v) is 9.50. The van der Waals surface area contributed by atoms with E-state index in [1.54, 1.807) is 31.4 Å². The van der Waals surface area contributed by atoms with E-state index in [4.69, 9.17) is 14.7 Å². The van der Waals surface area contributed by atoms with Crippen molar-refractivity contribution in [3.8, 4) is 17.6 Å². The van der Waals surface area contributed by atoms with Crippen LogP contribution in [0.3, 0.4) is 0 Å². The van der Waals surface area contributed by atoms with Gasteiger partial charge in [0.05, 0.1) is 24.0 Å². The van der Waals surface area contributed by atoms with Crippen molar-refractivity contribution in [1.29, 1.82) is 5.26 Å². The average Bonchev–Trinajstić information content (AvgIpc) is 3.21. The van der Waals surface area contributed by atoms with Crippen LogP contribution in [0.4, 0.5) is 5.69 Å². The normalized spacial score (nSPS) is 12.6. The Bertz CT molecular complexity index is 1150.